The van der Waals surface area contributed by atoms with E-state index in [1.54, 1.807) is 0 Å². The quantitative estimate of drug-likeness (QED) is 0.575. The number of amides is 1. The van der Waals surface area contributed by atoms with E-state index in [9.17, 15) is 4.79 Å². The maximum Gasteiger partial charge on any atom is 0.239 e. The average Bonchev–Trinajstić information content (AvgIpc) is 2.88. The van der Waals surface area contributed by atoms with Crippen molar-refractivity contribution in [1.29, 1.82) is 0 Å². The predicted octanol–water partition coefficient (Wildman–Crippen LogP) is 3.82. The summed E-state index contributed by atoms with van der Waals surface area (Å²) in [6.07, 6.45) is 0. The van der Waals surface area contributed by atoms with Crippen LogP contribution in [0.1, 0.15) is 18.3 Å². The molecular formula is C16H16N4OS2. The van der Waals surface area contributed by atoms with Crippen LogP contribution in [0.2, 0.25) is 0 Å². The Morgan fingerprint density at radius 3 is 2.57 bits per heavy atom. The Morgan fingerprint density at radius 1 is 1.17 bits per heavy atom. The number of aromatic nitrogens is 3. The van der Waals surface area contributed by atoms with Crippen LogP contribution < -0.4 is 5.32 Å². The van der Waals surface area contributed by atoms with Gasteiger partial charge in [0.25, 0.3) is 0 Å². The molecule has 2 aromatic heterocycles. The lowest BCUT2D eigenvalue weighted by molar-refractivity contribution is -0.115. The minimum absolute atomic E-state index is 0.100. The van der Waals surface area contributed by atoms with Crippen LogP contribution in [0.4, 0.5) is 5.13 Å². The van der Waals surface area contributed by atoms with Crippen LogP contribution in [-0.4, -0.2) is 26.1 Å². The van der Waals surface area contributed by atoms with Crippen LogP contribution in [-0.2, 0) is 4.79 Å². The second kappa shape index (κ2) is 6.64. The van der Waals surface area contributed by atoms with E-state index in [1.165, 1.54) is 23.1 Å². The Morgan fingerprint density at radius 2 is 1.87 bits per heavy atom. The zero-order chi connectivity index (χ0) is 16.4. The van der Waals surface area contributed by atoms with Crippen LogP contribution in [0, 0.1) is 13.8 Å². The first kappa shape index (κ1) is 15.9. The van der Waals surface area contributed by atoms with Gasteiger partial charge in [-0.1, -0.05) is 35.2 Å². The Balaban J connectivity index is 1.69. The van der Waals surface area contributed by atoms with Crippen LogP contribution in [0.5, 0.6) is 0 Å². The molecule has 0 bridgehead atoms. The number of thioether (sulfide) groups is 1. The number of rotatable bonds is 4. The first-order valence-corrected chi connectivity index (χ1v) is 8.86. The molecule has 0 saturated heterocycles. The highest BCUT2D eigenvalue weighted by Crippen LogP contribution is 2.27. The zero-order valence-electron chi connectivity index (χ0n) is 13.0. The van der Waals surface area contributed by atoms with Crippen molar-refractivity contribution < 1.29 is 4.79 Å². The predicted molar refractivity (Wildman–Crippen MR) is 95.1 cm³/mol. The number of carbonyl (C=O) groups is 1. The summed E-state index contributed by atoms with van der Waals surface area (Å²) in [5, 5.41) is 3.81. The van der Waals surface area contributed by atoms with E-state index in [4.69, 9.17) is 0 Å². The standard InChI is InChI=1S/C16H16N4OS2/c1-9-8-10(2)18-15(17-9)22-11(3)14(21)20-16-19-12-6-4-5-7-13(12)23-16/h4-8,11H,1-3H3,(H,19,20,21)/t11-/m1/s1. The molecule has 0 saturated carbocycles. The summed E-state index contributed by atoms with van der Waals surface area (Å²) in [5.74, 6) is -0.100. The maximum absolute atomic E-state index is 12.3. The molecule has 1 aromatic carbocycles. The van der Waals surface area contributed by atoms with Gasteiger partial charge in [0.05, 0.1) is 15.5 Å². The van der Waals surface area contributed by atoms with Crippen LogP contribution in [0.3, 0.4) is 0 Å². The number of carbonyl (C=O) groups excluding carboxylic acids is 1. The molecular weight excluding hydrogens is 328 g/mol. The minimum atomic E-state index is -0.303. The number of para-hydroxylation sites is 1. The van der Waals surface area contributed by atoms with Crippen molar-refractivity contribution in [2.75, 3.05) is 5.32 Å². The fourth-order valence-corrected chi connectivity index (χ4v) is 3.83. The zero-order valence-corrected chi connectivity index (χ0v) is 14.7. The van der Waals surface area contributed by atoms with Crippen molar-refractivity contribution in [3.63, 3.8) is 0 Å². The largest absolute Gasteiger partial charge is 0.301 e. The summed E-state index contributed by atoms with van der Waals surface area (Å²) >= 11 is 2.82. The lowest BCUT2D eigenvalue weighted by Gasteiger charge is -2.10. The molecule has 0 unspecified atom stereocenters. The number of thiazole rings is 1. The molecule has 5 nitrogen and oxygen atoms in total. The number of nitrogens with one attached hydrogen (secondary N) is 1. The van der Waals surface area contributed by atoms with E-state index in [-0.39, 0.29) is 11.2 Å². The highest BCUT2D eigenvalue weighted by atomic mass is 32.2. The minimum Gasteiger partial charge on any atom is -0.301 e. The third-order valence-electron chi connectivity index (χ3n) is 3.14. The highest BCUT2D eigenvalue weighted by molar-refractivity contribution is 8.00. The van der Waals surface area contributed by atoms with E-state index in [0.717, 1.165) is 21.6 Å². The number of anilines is 1. The number of fused-ring (bicyclic) bond motifs is 1. The normalized spacial score (nSPS) is 12.3. The van der Waals surface area contributed by atoms with Gasteiger partial charge < -0.3 is 5.32 Å². The van der Waals surface area contributed by atoms with Crippen molar-refractivity contribution in [3.8, 4) is 0 Å². The van der Waals surface area contributed by atoms with E-state index in [2.05, 4.69) is 20.3 Å². The van der Waals surface area contributed by atoms with Gasteiger partial charge in [0, 0.05) is 11.4 Å². The third kappa shape index (κ3) is 3.86. The number of nitrogens with zero attached hydrogens (tertiary/aromatic N) is 3. The van der Waals surface area contributed by atoms with E-state index in [0.29, 0.717) is 10.3 Å². The molecule has 1 amide bonds. The fraction of sp³-hybridized carbons (Fsp3) is 0.250. The van der Waals surface area contributed by atoms with E-state index in [1.807, 2.05) is 51.1 Å². The third-order valence-corrected chi connectivity index (χ3v) is 5.05. The average molecular weight is 344 g/mol. The smallest absolute Gasteiger partial charge is 0.239 e. The van der Waals surface area contributed by atoms with Crippen LogP contribution in [0.15, 0.2) is 35.5 Å². The summed E-state index contributed by atoms with van der Waals surface area (Å²) in [7, 11) is 0. The van der Waals surface area contributed by atoms with Gasteiger partial charge in [-0.05, 0) is 39.0 Å². The van der Waals surface area contributed by atoms with Gasteiger partial charge in [-0.25, -0.2) is 15.0 Å². The van der Waals surface area contributed by atoms with Crippen molar-refractivity contribution in [3.05, 3.63) is 41.7 Å². The molecule has 7 heteroatoms. The summed E-state index contributed by atoms with van der Waals surface area (Å²) in [6.45, 7) is 5.68. The van der Waals surface area contributed by atoms with Crippen molar-refractivity contribution >= 4 is 44.4 Å². The molecule has 0 aliphatic rings. The molecule has 0 fully saturated rings. The Bertz CT molecular complexity index is 809. The maximum atomic E-state index is 12.3. The molecule has 1 atom stereocenters. The first-order valence-electron chi connectivity index (χ1n) is 7.16. The van der Waals surface area contributed by atoms with Crippen LogP contribution in [0.25, 0.3) is 10.2 Å². The van der Waals surface area contributed by atoms with Gasteiger partial charge in [0.15, 0.2) is 10.3 Å². The van der Waals surface area contributed by atoms with Crippen LogP contribution >= 0.6 is 23.1 Å². The number of hydrogen-bond acceptors (Lipinski definition) is 6. The number of benzene rings is 1. The second-order valence-electron chi connectivity index (χ2n) is 5.17. The summed E-state index contributed by atoms with van der Waals surface area (Å²) in [4.78, 5) is 25.5. The molecule has 23 heavy (non-hydrogen) atoms. The molecule has 0 aliphatic heterocycles. The van der Waals surface area contributed by atoms with Gasteiger partial charge in [0.1, 0.15) is 0 Å². The fourth-order valence-electron chi connectivity index (χ4n) is 2.09. The monoisotopic (exact) mass is 344 g/mol. The number of aryl methyl sites for hydroxylation is 2. The van der Waals surface area contributed by atoms with Gasteiger partial charge in [-0.15, -0.1) is 0 Å². The topological polar surface area (TPSA) is 67.8 Å². The highest BCUT2D eigenvalue weighted by Gasteiger charge is 2.18. The first-order chi connectivity index (χ1) is 11.0. The molecule has 3 rings (SSSR count). The van der Waals surface area contributed by atoms with Crippen molar-refractivity contribution in [1.82, 2.24) is 15.0 Å². The summed E-state index contributed by atoms with van der Waals surface area (Å²) in [6, 6.07) is 9.73. The Hall–Kier alpha value is -1.99. The molecule has 0 aliphatic carbocycles. The number of hydrogen-bond donors (Lipinski definition) is 1. The van der Waals surface area contributed by atoms with Crippen molar-refractivity contribution in [2.45, 2.75) is 31.2 Å². The van der Waals surface area contributed by atoms with Gasteiger partial charge in [-0.2, -0.15) is 0 Å². The second-order valence-corrected chi connectivity index (χ2v) is 7.51. The molecule has 3 aromatic rings. The summed E-state index contributed by atoms with van der Waals surface area (Å²) in [5.41, 5.74) is 2.70. The summed E-state index contributed by atoms with van der Waals surface area (Å²) < 4.78 is 1.06. The molecule has 118 valence electrons. The lowest BCUT2D eigenvalue weighted by atomic mass is 10.3. The molecule has 0 spiro atoms. The molecule has 2 heterocycles. The Kier molecular flexibility index (Phi) is 4.58. The SMILES string of the molecule is Cc1cc(C)nc(S[C@H](C)C(=O)Nc2nc3ccccc3s2)n1. The van der Waals surface area contributed by atoms with Gasteiger partial charge in [-0.3, -0.25) is 4.79 Å². The molecule has 1 N–H and O–H groups in total. The van der Waals surface area contributed by atoms with Crippen molar-refractivity contribution in [2.24, 2.45) is 0 Å². The lowest BCUT2D eigenvalue weighted by Crippen LogP contribution is -2.22. The molecule has 0 radical (unpaired) electrons. The Labute approximate surface area is 142 Å². The van der Waals surface area contributed by atoms with Gasteiger partial charge >= 0.3 is 0 Å². The van der Waals surface area contributed by atoms with E-state index < -0.39 is 0 Å². The van der Waals surface area contributed by atoms with Gasteiger partial charge in [0.2, 0.25) is 5.91 Å². The van der Waals surface area contributed by atoms with E-state index >= 15 is 0 Å².